The van der Waals surface area contributed by atoms with Gasteiger partial charge in [0.2, 0.25) is 0 Å². The smallest absolute Gasteiger partial charge is 0.161 e. The van der Waals surface area contributed by atoms with E-state index in [1.54, 1.807) is 50.5 Å². The number of aliphatic hydroxyl groups is 1. The second kappa shape index (κ2) is 7.34. The summed E-state index contributed by atoms with van der Waals surface area (Å²) in [7, 11) is -2.75. The van der Waals surface area contributed by atoms with Gasteiger partial charge >= 0.3 is 0 Å². The number of rotatable bonds is 5. The summed E-state index contributed by atoms with van der Waals surface area (Å²) < 4.78 is 25.8. The van der Waals surface area contributed by atoms with Crippen LogP contribution in [0.15, 0.2) is 70.2 Å². The molecule has 2 N–H and O–H groups in total. The highest BCUT2D eigenvalue weighted by atomic mass is 32.2. The number of fused-ring (bicyclic) bond motifs is 1. The molecule has 0 aliphatic rings. The van der Waals surface area contributed by atoms with Crippen LogP contribution in [0.1, 0.15) is 19.5 Å². The van der Waals surface area contributed by atoms with Gasteiger partial charge in [-0.3, -0.25) is 9.97 Å². The van der Waals surface area contributed by atoms with E-state index in [-0.39, 0.29) is 0 Å². The first kappa shape index (κ1) is 20.3. The first-order chi connectivity index (χ1) is 14.1. The van der Waals surface area contributed by atoms with Crippen LogP contribution in [0.4, 0.5) is 0 Å². The Morgan fingerprint density at radius 1 is 1.03 bits per heavy atom. The number of nitrogens with one attached hydrogen (secondary N) is 1. The first-order valence-corrected chi connectivity index (χ1v) is 11.5. The second-order valence-electron chi connectivity index (χ2n) is 8.08. The van der Waals surface area contributed by atoms with Gasteiger partial charge in [-0.05, 0) is 49.7 Å². The summed E-state index contributed by atoms with van der Waals surface area (Å²) in [4.78, 5) is 9.28. The quantitative estimate of drug-likeness (QED) is 0.477. The fourth-order valence-electron chi connectivity index (χ4n) is 3.37. The van der Waals surface area contributed by atoms with Gasteiger partial charge in [0, 0.05) is 52.9 Å². The van der Waals surface area contributed by atoms with E-state index in [1.807, 2.05) is 24.3 Å². The fraction of sp³-hybridized carbons (Fsp3) is 0.217. The molecule has 1 aromatic carbocycles. The van der Waals surface area contributed by atoms with E-state index in [2.05, 4.69) is 9.97 Å². The maximum Gasteiger partial charge on any atom is 0.161 e. The number of pyridine rings is 2. The molecule has 30 heavy (non-hydrogen) atoms. The van der Waals surface area contributed by atoms with Crippen molar-refractivity contribution < 1.29 is 13.7 Å². The van der Waals surface area contributed by atoms with Crippen LogP contribution in [0.2, 0.25) is 0 Å². The monoisotopic (exact) mass is 421 g/mol. The Kier molecular flexibility index (Phi) is 4.95. The molecule has 3 aromatic heterocycles. The molecule has 1 unspecified atom stereocenters. The Morgan fingerprint density at radius 2 is 1.73 bits per heavy atom. The maximum absolute atomic E-state index is 11.9. The summed E-state index contributed by atoms with van der Waals surface area (Å²) in [5.41, 5.74) is 4.00. The SMILES string of the molecule is CC(C)(O)Cc1cc(-c2ccnc3cc(-c4ccc(S(C)(=N)=O)cc4)oc23)ccn1. The van der Waals surface area contributed by atoms with Crippen LogP contribution in [-0.2, 0) is 16.1 Å². The van der Waals surface area contributed by atoms with Gasteiger partial charge in [-0.1, -0.05) is 12.1 Å². The average Bonchev–Trinajstić information content (AvgIpc) is 3.10. The lowest BCUT2D eigenvalue weighted by atomic mass is 9.99. The molecule has 0 radical (unpaired) electrons. The lowest BCUT2D eigenvalue weighted by molar-refractivity contribution is 0.0800. The van der Waals surface area contributed by atoms with E-state index in [1.165, 1.54) is 6.26 Å². The molecule has 0 saturated carbocycles. The van der Waals surface area contributed by atoms with E-state index >= 15 is 0 Å². The molecule has 0 spiro atoms. The Balaban J connectivity index is 1.76. The van der Waals surface area contributed by atoms with Gasteiger partial charge in [-0.25, -0.2) is 8.99 Å². The Hall–Kier alpha value is -3.03. The van der Waals surface area contributed by atoms with Crippen molar-refractivity contribution in [2.45, 2.75) is 30.8 Å². The number of nitrogens with zero attached hydrogens (tertiary/aromatic N) is 2. The van der Waals surface area contributed by atoms with Crippen LogP contribution in [0.25, 0.3) is 33.6 Å². The van der Waals surface area contributed by atoms with Crippen LogP contribution < -0.4 is 0 Å². The molecular formula is C23H23N3O3S. The number of benzene rings is 1. The van der Waals surface area contributed by atoms with Crippen molar-refractivity contribution in [1.82, 2.24) is 9.97 Å². The van der Waals surface area contributed by atoms with Gasteiger partial charge in [-0.15, -0.1) is 0 Å². The molecule has 3 heterocycles. The summed E-state index contributed by atoms with van der Waals surface area (Å²) in [6.45, 7) is 3.52. The molecule has 0 fully saturated rings. The lowest BCUT2D eigenvalue weighted by Crippen LogP contribution is -2.22. The van der Waals surface area contributed by atoms with Crippen LogP contribution >= 0.6 is 0 Å². The molecule has 154 valence electrons. The average molecular weight is 422 g/mol. The Labute approximate surface area is 175 Å². The summed E-state index contributed by atoms with van der Waals surface area (Å²) in [5, 5.41) is 10.1. The van der Waals surface area contributed by atoms with Crippen molar-refractivity contribution in [3.8, 4) is 22.5 Å². The lowest BCUT2D eigenvalue weighted by Gasteiger charge is -2.16. The molecule has 1 atom stereocenters. The molecule has 0 aliphatic carbocycles. The molecule has 0 saturated heterocycles. The van der Waals surface area contributed by atoms with E-state index in [4.69, 9.17) is 9.20 Å². The Bertz CT molecular complexity index is 1320. The highest BCUT2D eigenvalue weighted by Crippen LogP contribution is 2.34. The molecule has 6 nitrogen and oxygen atoms in total. The fourth-order valence-corrected chi connectivity index (χ4v) is 4.03. The Morgan fingerprint density at radius 3 is 2.40 bits per heavy atom. The molecular weight excluding hydrogens is 398 g/mol. The normalized spacial score (nSPS) is 14.0. The van der Waals surface area contributed by atoms with E-state index in [0.717, 1.165) is 27.9 Å². The van der Waals surface area contributed by atoms with Crippen molar-refractivity contribution in [3.05, 3.63) is 66.6 Å². The third-order valence-corrected chi connectivity index (χ3v) is 5.91. The zero-order valence-corrected chi connectivity index (χ0v) is 17.9. The van der Waals surface area contributed by atoms with Gasteiger partial charge in [0.25, 0.3) is 0 Å². The predicted molar refractivity (Wildman–Crippen MR) is 118 cm³/mol. The zero-order valence-electron chi connectivity index (χ0n) is 17.0. The number of hydrogen-bond donors (Lipinski definition) is 2. The minimum atomic E-state index is -2.75. The van der Waals surface area contributed by atoms with Crippen LogP contribution in [-0.4, -0.2) is 31.1 Å². The molecule has 4 aromatic rings. The van der Waals surface area contributed by atoms with Crippen LogP contribution in [0.5, 0.6) is 0 Å². The number of aromatic nitrogens is 2. The summed E-state index contributed by atoms with van der Waals surface area (Å²) in [6.07, 6.45) is 5.32. The van der Waals surface area contributed by atoms with Gasteiger partial charge < -0.3 is 9.52 Å². The van der Waals surface area contributed by atoms with Crippen molar-refractivity contribution >= 4 is 20.8 Å². The maximum atomic E-state index is 11.9. The molecule has 0 amide bonds. The molecule has 7 heteroatoms. The minimum absolute atomic E-state index is 0.446. The first-order valence-electron chi connectivity index (χ1n) is 9.51. The highest BCUT2D eigenvalue weighted by molar-refractivity contribution is 7.91. The number of hydrogen-bond acceptors (Lipinski definition) is 6. The topological polar surface area (TPSA) is 100 Å². The van der Waals surface area contributed by atoms with Crippen molar-refractivity contribution in [3.63, 3.8) is 0 Å². The van der Waals surface area contributed by atoms with E-state index in [9.17, 15) is 9.32 Å². The molecule has 0 aliphatic heterocycles. The van der Waals surface area contributed by atoms with E-state index < -0.39 is 15.3 Å². The van der Waals surface area contributed by atoms with Crippen LogP contribution in [0.3, 0.4) is 0 Å². The summed E-state index contributed by atoms with van der Waals surface area (Å²) in [5.74, 6) is 0.648. The van der Waals surface area contributed by atoms with Crippen molar-refractivity contribution in [2.75, 3.05) is 6.26 Å². The highest BCUT2D eigenvalue weighted by Gasteiger charge is 2.17. The van der Waals surface area contributed by atoms with Crippen LogP contribution in [0, 0.1) is 4.78 Å². The predicted octanol–water partition coefficient (Wildman–Crippen LogP) is 4.91. The van der Waals surface area contributed by atoms with Gasteiger partial charge in [0.15, 0.2) is 5.58 Å². The van der Waals surface area contributed by atoms with Crippen molar-refractivity contribution in [1.29, 1.82) is 4.78 Å². The standard InChI is InChI=1S/C23H23N3O3S/c1-23(2,27)14-17-12-16(8-10-25-17)19-9-11-26-20-13-21(29-22(19)20)15-4-6-18(7-5-15)30(3,24)28/h4-13,24,27H,14H2,1-3H3. The largest absolute Gasteiger partial charge is 0.454 e. The van der Waals surface area contributed by atoms with Gasteiger partial charge in [0.05, 0.1) is 15.3 Å². The van der Waals surface area contributed by atoms with Gasteiger partial charge in [-0.2, -0.15) is 0 Å². The third-order valence-electron chi connectivity index (χ3n) is 4.74. The minimum Gasteiger partial charge on any atom is -0.454 e. The zero-order chi connectivity index (χ0) is 21.5. The second-order valence-corrected chi connectivity index (χ2v) is 10.2. The van der Waals surface area contributed by atoms with Crippen molar-refractivity contribution in [2.24, 2.45) is 0 Å². The van der Waals surface area contributed by atoms with E-state index in [0.29, 0.717) is 22.7 Å². The number of furan rings is 1. The molecule has 4 rings (SSSR count). The summed E-state index contributed by atoms with van der Waals surface area (Å²) >= 11 is 0. The summed E-state index contributed by atoms with van der Waals surface area (Å²) in [6, 6.07) is 14.6. The van der Waals surface area contributed by atoms with Gasteiger partial charge in [0.1, 0.15) is 11.3 Å². The molecule has 0 bridgehead atoms. The third kappa shape index (κ3) is 4.27.